The molecule has 2 aromatic heterocycles. The standard InChI is InChI=1S/C26H29BrN8O3/c1-16-3-4-17(27)13-21(16)35-15-29-22(24(28)36)23(35)25(37)32-26-30-19-6-5-18(14-20(19)31-26)38-12-11-34-9-7-33(2)8-10-34/h3-6,13-15H,7-12H2,1-2H3,(H2,28,36)(H2,30,31,32,37). The van der Waals surface area contributed by atoms with Crippen molar-refractivity contribution >= 4 is 44.7 Å². The summed E-state index contributed by atoms with van der Waals surface area (Å²) in [4.78, 5) is 41.8. The van der Waals surface area contributed by atoms with E-state index in [0.717, 1.165) is 48.3 Å². The largest absolute Gasteiger partial charge is 0.492 e. The summed E-state index contributed by atoms with van der Waals surface area (Å²) in [5, 5.41) is 2.75. The van der Waals surface area contributed by atoms with Crippen molar-refractivity contribution in [3.05, 3.63) is 64.1 Å². The van der Waals surface area contributed by atoms with Gasteiger partial charge in [0.25, 0.3) is 11.8 Å². The third kappa shape index (κ3) is 5.57. The molecule has 2 aromatic carbocycles. The second kappa shape index (κ2) is 10.9. The minimum absolute atomic E-state index is 0.0204. The molecule has 0 aliphatic carbocycles. The van der Waals surface area contributed by atoms with E-state index in [2.05, 4.69) is 53.0 Å². The van der Waals surface area contributed by atoms with E-state index in [1.54, 1.807) is 4.57 Å². The summed E-state index contributed by atoms with van der Waals surface area (Å²) in [7, 11) is 2.14. The molecule has 3 heterocycles. The molecule has 1 aliphatic heterocycles. The minimum Gasteiger partial charge on any atom is -0.492 e. The Balaban J connectivity index is 1.32. The van der Waals surface area contributed by atoms with Crippen LogP contribution >= 0.6 is 15.9 Å². The van der Waals surface area contributed by atoms with E-state index in [1.807, 2.05) is 43.3 Å². The summed E-state index contributed by atoms with van der Waals surface area (Å²) in [6.45, 7) is 7.56. The lowest BCUT2D eigenvalue weighted by Gasteiger charge is -2.32. The SMILES string of the molecule is Cc1ccc(Br)cc1-n1cnc(C(N)=O)c1C(=O)Nc1nc2cc(OCCN3CCN(C)CC3)ccc2[nH]1. The van der Waals surface area contributed by atoms with Crippen LogP contribution in [0.15, 0.2) is 47.2 Å². The van der Waals surface area contributed by atoms with E-state index in [1.165, 1.54) is 6.33 Å². The first-order valence-electron chi connectivity index (χ1n) is 12.3. The fourth-order valence-corrected chi connectivity index (χ4v) is 4.78. The molecule has 38 heavy (non-hydrogen) atoms. The van der Waals surface area contributed by atoms with Crippen LogP contribution in [0.1, 0.15) is 26.5 Å². The first-order chi connectivity index (χ1) is 18.3. The molecule has 0 unspecified atom stereocenters. The number of carbonyl (C=O) groups excluding carboxylic acids is 2. The van der Waals surface area contributed by atoms with Crippen LogP contribution < -0.4 is 15.8 Å². The van der Waals surface area contributed by atoms with Crippen molar-refractivity contribution in [2.45, 2.75) is 6.92 Å². The number of aromatic amines is 1. The number of H-pyrrole nitrogens is 1. The summed E-state index contributed by atoms with van der Waals surface area (Å²) in [6.07, 6.45) is 1.41. The molecule has 198 valence electrons. The van der Waals surface area contributed by atoms with Crippen LogP contribution in [0.25, 0.3) is 16.7 Å². The normalized spacial score (nSPS) is 14.6. The van der Waals surface area contributed by atoms with Gasteiger partial charge >= 0.3 is 0 Å². The monoisotopic (exact) mass is 580 g/mol. The second-order valence-electron chi connectivity index (χ2n) is 9.32. The van der Waals surface area contributed by atoms with Gasteiger partial charge in [-0.3, -0.25) is 24.4 Å². The molecule has 11 nitrogen and oxygen atoms in total. The van der Waals surface area contributed by atoms with E-state index in [9.17, 15) is 9.59 Å². The number of primary amides is 1. The van der Waals surface area contributed by atoms with Crippen molar-refractivity contribution in [2.24, 2.45) is 5.73 Å². The number of fused-ring (bicyclic) bond motifs is 1. The Hall–Kier alpha value is -3.74. The number of aromatic nitrogens is 4. The third-order valence-corrected chi connectivity index (χ3v) is 7.10. The van der Waals surface area contributed by atoms with Gasteiger partial charge in [0.15, 0.2) is 5.69 Å². The molecule has 4 N–H and O–H groups in total. The van der Waals surface area contributed by atoms with Crippen molar-refractivity contribution in [3.63, 3.8) is 0 Å². The zero-order chi connectivity index (χ0) is 26.8. The molecule has 12 heteroatoms. The van der Waals surface area contributed by atoms with Gasteiger partial charge in [0.1, 0.15) is 24.4 Å². The number of nitrogens with two attached hydrogens (primary N) is 1. The summed E-state index contributed by atoms with van der Waals surface area (Å²) in [6, 6.07) is 11.2. The smallest absolute Gasteiger partial charge is 0.277 e. The molecule has 0 bridgehead atoms. The van der Waals surface area contributed by atoms with Gasteiger partial charge in [0.2, 0.25) is 5.95 Å². The lowest BCUT2D eigenvalue weighted by atomic mass is 10.2. The van der Waals surface area contributed by atoms with Crippen molar-refractivity contribution < 1.29 is 14.3 Å². The van der Waals surface area contributed by atoms with Crippen molar-refractivity contribution in [3.8, 4) is 11.4 Å². The lowest BCUT2D eigenvalue weighted by Crippen LogP contribution is -2.45. The third-order valence-electron chi connectivity index (χ3n) is 6.61. The topological polar surface area (TPSA) is 134 Å². The van der Waals surface area contributed by atoms with Gasteiger partial charge in [-0.15, -0.1) is 0 Å². The highest BCUT2D eigenvalue weighted by atomic mass is 79.9. The van der Waals surface area contributed by atoms with Crippen LogP contribution in [-0.4, -0.2) is 87.5 Å². The first-order valence-corrected chi connectivity index (χ1v) is 13.1. The zero-order valence-electron chi connectivity index (χ0n) is 21.2. The number of nitrogens with one attached hydrogen (secondary N) is 2. The quantitative estimate of drug-likeness (QED) is 0.291. The number of halogens is 1. The van der Waals surface area contributed by atoms with Gasteiger partial charge < -0.3 is 20.4 Å². The molecule has 0 radical (unpaired) electrons. The van der Waals surface area contributed by atoms with Gasteiger partial charge in [-0.1, -0.05) is 22.0 Å². The Bertz CT molecular complexity index is 1490. The number of hydrogen-bond donors (Lipinski definition) is 3. The Kier molecular flexibility index (Phi) is 7.45. The van der Waals surface area contributed by atoms with Crippen LogP contribution in [0.5, 0.6) is 5.75 Å². The fourth-order valence-electron chi connectivity index (χ4n) is 4.44. The second-order valence-corrected chi connectivity index (χ2v) is 10.2. The van der Waals surface area contributed by atoms with Crippen LogP contribution in [0.4, 0.5) is 5.95 Å². The van der Waals surface area contributed by atoms with Crippen LogP contribution in [0.2, 0.25) is 0 Å². The molecule has 1 saturated heterocycles. The highest BCUT2D eigenvalue weighted by molar-refractivity contribution is 9.10. The van der Waals surface area contributed by atoms with E-state index >= 15 is 0 Å². The predicted molar refractivity (Wildman–Crippen MR) is 148 cm³/mol. The maximum Gasteiger partial charge on any atom is 0.277 e. The van der Waals surface area contributed by atoms with Crippen LogP contribution in [0, 0.1) is 6.92 Å². The number of carbonyl (C=O) groups is 2. The number of likely N-dealkylation sites (N-methyl/N-ethyl adjacent to an activating group) is 1. The first kappa shape index (κ1) is 25.9. The molecule has 1 aliphatic rings. The molecule has 0 atom stereocenters. The molecule has 1 fully saturated rings. The molecule has 5 rings (SSSR count). The molecule has 4 aromatic rings. The number of nitrogens with zero attached hydrogens (tertiary/aromatic N) is 5. The van der Waals surface area contributed by atoms with E-state index in [-0.39, 0.29) is 17.3 Å². The highest BCUT2D eigenvalue weighted by Crippen LogP contribution is 2.25. The van der Waals surface area contributed by atoms with E-state index in [4.69, 9.17) is 10.5 Å². The molecule has 2 amide bonds. The number of amides is 2. The predicted octanol–water partition coefficient (Wildman–Crippen LogP) is 2.80. The highest BCUT2D eigenvalue weighted by Gasteiger charge is 2.25. The van der Waals surface area contributed by atoms with Gasteiger partial charge in [-0.2, -0.15) is 0 Å². The molecule has 0 spiro atoms. The Morgan fingerprint density at radius 3 is 2.71 bits per heavy atom. The fraction of sp³-hybridized carbons (Fsp3) is 0.308. The molecule has 0 saturated carbocycles. The maximum atomic E-state index is 13.4. The average molecular weight is 581 g/mol. The van der Waals surface area contributed by atoms with Gasteiger partial charge in [-0.25, -0.2) is 9.97 Å². The number of anilines is 1. The van der Waals surface area contributed by atoms with Gasteiger partial charge in [-0.05, 0) is 43.8 Å². The lowest BCUT2D eigenvalue weighted by molar-refractivity contribution is 0.0970. The number of benzene rings is 2. The summed E-state index contributed by atoms with van der Waals surface area (Å²) in [5.41, 5.74) is 8.37. The summed E-state index contributed by atoms with van der Waals surface area (Å²) >= 11 is 3.45. The van der Waals surface area contributed by atoms with Crippen molar-refractivity contribution in [2.75, 3.05) is 51.7 Å². The summed E-state index contributed by atoms with van der Waals surface area (Å²) in [5.74, 6) is -0.438. The van der Waals surface area contributed by atoms with E-state index in [0.29, 0.717) is 23.6 Å². The van der Waals surface area contributed by atoms with Crippen molar-refractivity contribution in [1.82, 2.24) is 29.3 Å². The van der Waals surface area contributed by atoms with Gasteiger partial charge in [0, 0.05) is 43.3 Å². The number of hydrogen-bond acceptors (Lipinski definition) is 7. The van der Waals surface area contributed by atoms with Crippen LogP contribution in [0.3, 0.4) is 0 Å². The van der Waals surface area contributed by atoms with Gasteiger partial charge in [0.05, 0.1) is 16.7 Å². The number of imidazole rings is 2. The Morgan fingerprint density at radius 1 is 1.16 bits per heavy atom. The number of ether oxygens (including phenoxy) is 1. The Labute approximate surface area is 228 Å². The zero-order valence-corrected chi connectivity index (χ0v) is 22.8. The summed E-state index contributed by atoms with van der Waals surface area (Å²) < 4.78 is 8.32. The minimum atomic E-state index is -0.801. The number of rotatable bonds is 8. The van der Waals surface area contributed by atoms with Crippen LogP contribution in [-0.2, 0) is 0 Å². The molecular formula is C26H29BrN8O3. The molecular weight excluding hydrogens is 552 g/mol. The number of piperazine rings is 1. The van der Waals surface area contributed by atoms with Crippen molar-refractivity contribution in [1.29, 1.82) is 0 Å². The number of aryl methyl sites for hydroxylation is 1. The maximum absolute atomic E-state index is 13.4. The Morgan fingerprint density at radius 2 is 1.95 bits per heavy atom. The van der Waals surface area contributed by atoms with E-state index < -0.39 is 11.8 Å². The average Bonchev–Trinajstić information content (AvgIpc) is 3.50.